The number of hydrogen-bond acceptors (Lipinski definition) is 8. The first-order valence-corrected chi connectivity index (χ1v) is 6.93. The molecule has 0 rings (SSSR count). The van der Waals surface area contributed by atoms with Crippen molar-refractivity contribution in [1.29, 1.82) is 0 Å². The van der Waals surface area contributed by atoms with Gasteiger partial charge in [-0.3, -0.25) is 0 Å². The van der Waals surface area contributed by atoms with Gasteiger partial charge in [0.05, 0.1) is 0 Å². The normalized spacial score (nSPS) is 10.5. The molecule has 64 valence electrons. The first-order valence-electron chi connectivity index (χ1n) is 1.33. The third-order valence-corrected chi connectivity index (χ3v) is 0. The van der Waals surface area contributed by atoms with Gasteiger partial charge in [0.2, 0.25) is 0 Å². The molecule has 8 nitrogen and oxygen atoms in total. The van der Waals surface area contributed by atoms with Gasteiger partial charge in [-0.15, -0.1) is 0 Å². The average Bonchev–Trinajstić information content (AvgIpc) is 1.12. The van der Waals surface area contributed by atoms with Crippen LogP contribution in [0.2, 0.25) is 0 Å². The van der Waals surface area contributed by atoms with Crippen LogP contribution in [0.3, 0.4) is 0 Å². The zero-order chi connectivity index (χ0) is 9.00. The molecule has 0 atom stereocenters. The van der Waals surface area contributed by atoms with E-state index in [2.05, 4.69) is 0 Å². The molecule has 0 aromatic rings. The van der Waals surface area contributed by atoms with Gasteiger partial charge in [-0.2, -0.15) is 0 Å². The molecule has 0 unspecified atom stereocenters. The molecule has 0 heterocycles. The molecule has 0 aliphatic carbocycles. The quantitative estimate of drug-likeness (QED) is 0.377. The van der Waals surface area contributed by atoms with Gasteiger partial charge in [0.15, 0.2) is 0 Å². The predicted octanol–water partition coefficient (Wildman–Crippen LogP) is -6.00. The van der Waals surface area contributed by atoms with Crippen LogP contribution in [0.4, 0.5) is 0 Å². The van der Waals surface area contributed by atoms with Crippen LogP contribution in [0.25, 0.3) is 0 Å². The molecular weight excluding hydrogens is 377 g/mol. The van der Waals surface area contributed by atoms with E-state index in [1.165, 1.54) is 0 Å². The first-order chi connectivity index (χ1) is 4.00. The maximum atomic E-state index is 8.59. The van der Waals surface area contributed by atoms with E-state index < -0.39 is 26.7 Å². The predicted molar refractivity (Wildman–Crippen MR) is 14.3 cm³/mol. The van der Waals surface area contributed by atoms with Crippen molar-refractivity contribution in [2.75, 3.05) is 0 Å². The van der Waals surface area contributed by atoms with E-state index in [1.54, 1.807) is 0 Å². The van der Waals surface area contributed by atoms with E-state index in [0.717, 1.165) is 0 Å². The Labute approximate surface area is 84.5 Å². The van der Waals surface area contributed by atoms with E-state index in [0.29, 0.717) is 0 Å². The van der Waals surface area contributed by atoms with Crippen molar-refractivity contribution in [1.82, 2.24) is 0 Å². The minimum atomic E-state index is -5.75. The van der Waals surface area contributed by atoms with E-state index in [1.807, 2.05) is 0 Å². The van der Waals surface area contributed by atoms with Crippen LogP contribution >= 0.6 is 0 Å². The summed E-state index contributed by atoms with van der Waals surface area (Å²) in [4.78, 5) is 0. The summed E-state index contributed by atoms with van der Waals surface area (Å²) in [6.45, 7) is 0. The van der Waals surface area contributed by atoms with Crippen molar-refractivity contribution in [3.63, 3.8) is 0 Å². The standard InChI is InChI=1S/2H2O4Se.Zr/c2*1-5(2,3)4;/h2*(H2,1,2,3,4);/q;;+4/p-4. The second-order valence-electron chi connectivity index (χ2n) is 0.816. The summed E-state index contributed by atoms with van der Waals surface area (Å²) in [5.41, 5.74) is 0. The second kappa shape index (κ2) is 6.48. The van der Waals surface area contributed by atoms with Crippen LogP contribution in [-0.2, 0) is 41.5 Å². The van der Waals surface area contributed by atoms with Crippen LogP contribution in [-0.4, -0.2) is 26.7 Å². The fourth-order valence-electron chi connectivity index (χ4n) is 0. The summed E-state index contributed by atoms with van der Waals surface area (Å²) in [5, 5.41) is 0. The van der Waals surface area contributed by atoms with Gasteiger partial charge in [0.25, 0.3) is 0 Å². The summed E-state index contributed by atoms with van der Waals surface area (Å²) < 4.78 is 68.8. The van der Waals surface area contributed by atoms with Gasteiger partial charge < -0.3 is 0 Å². The van der Waals surface area contributed by atoms with Crippen LogP contribution in [0, 0.1) is 0 Å². The molecule has 0 aromatic heterocycles. The van der Waals surface area contributed by atoms with Crippen molar-refractivity contribution >= 4 is 26.7 Å². The van der Waals surface area contributed by atoms with Gasteiger partial charge in [-0.1, -0.05) is 0 Å². The summed E-state index contributed by atoms with van der Waals surface area (Å²) >= 11 is -11.5. The van der Waals surface area contributed by atoms with Crippen molar-refractivity contribution in [2.45, 2.75) is 0 Å². The molecule has 0 aromatic carbocycles. The third-order valence-electron chi connectivity index (χ3n) is 0. The second-order valence-corrected chi connectivity index (χ2v) is 4.24. The zero-order valence-electron chi connectivity index (χ0n) is 4.58. The Morgan fingerprint density at radius 3 is 0.636 bits per heavy atom. The van der Waals surface area contributed by atoms with Crippen molar-refractivity contribution in [3.8, 4) is 0 Å². The minimum absolute atomic E-state index is 0. The summed E-state index contributed by atoms with van der Waals surface area (Å²) in [7, 11) is 0. The van der Waals surface area contributed by atoms with E-state index in [9.17, 15) is 0 Å². The van der Waals surface area contributed by atoms with Crippen LogP contribution in [0.5, 0.6) is 0 Å². The van der Waals surface area contributed by atoms with E-state index in [4.69, 9.17) is 32.1 Å². The van der Waals surface area contributed by atoms with Gasteiger partial charge in [0, 0.05) is 0 Å². The van der Waals surface area contributed by atoms with Gasteiger partial charge in [-0.25, -0.2) is 0 Å². The smallest absolute Gasteiger partial charge is 4.00 e. The Balaban J connectivity index is -0.000000107. The molecule has 0 saturated carbocycles. The fraction of sp³-hybridized carbons (Fsp3) is 0. The van der Waals surface area contributed by atoms with Crippen molar-refractivity contribution < 1.29 is 58.3 Å². The third kappa shape index (κ3) is 951. The molecule has 0 N–H and O–H groups in total. The van der Waals surface area contributed by atoms with Crippen LogP contribution in [0.15, 0.2) is 0 Å². The molecule has 0 aliphatic rings. The molecule has 0 bridgehead atoms. The topological polar surface area (TPSA) is 161 Å². The minimum Gasteiger partial charge on any atom is 4.00 e. The Morgan fingerprint density at radius 2 is 0.636 bits per heavy atom. The van der Waals surface area contributed by atoms with Gasteiger partial charge >= 0.3 is 85.0 Å². The van der Waals surface area contributed by atoms with Crippen LogP contribution in [0.1, 0.15) is 0 Å². The van der Waals surface area contributed by atoms with Crippen LogP contribution < -0.4 is 16.8 Å². The molecule has 0 saturated heterocycles. The molecule has 0 amide bonds. The fourth-order valence-corrected chi connectivity index (χ4v) is 0. The SMILES string of the molecule is O=[Se](=O)([O-])[O-].O=[Se](=O)([O-])[O-].[Zr+4]. The molecule has 11 heavy (non-hydrogen) atoms. The Bertz CT molecular complexity index is 208. The van der Waals surface area contributed by atoms with Crippen molar-refractivity contribution in [2.24, 2.45) is 0 Å². The summed E-state index contributed by atoms with van der Waals surface area (Å²) in [5.74, 6) is 0. The van der Waals surface area contributed by atoms with E-state index >= 15 is 0 Å². The molecule has 11 heteroatoms. The number of hydrogen-bond donors (Lipinski definition) is 0. The van der Waals surface area contributed by atoms with Gasteiger partial charge in [-0.05, 0) is 0 Å². The first kappa shape index (κ1) is 17.9. The summed E-state index contributed by atoms with van der Waals surface area (Å²) in [6.07, 6.45) is 0. The summed E-state index contributed by atoms with van der Waals surface area (Å²) in [6, 6.07) is 0. The Kier molecular flexibility index (Phi) is 10.5. The molecular formula is O8Se2Zr. The zero-order valence-corrected chi connectivity index (χ0v) is 10.5. The number of rotatable bonds is 0. The molecule has 0 spiro atoms. The van der Waals surface area contributed by atoms with E-state index in [-0.39, 0.29) is 26.2 Å². The molecule has 0 fully saturated rings. The maximum Gasteiger partial charge on any atom is 4.00 e. The van der Waals surface area contributed by atoms with Crippen molar-refractivity contribution in [3.05, 3.63) is 0 Å². The Hall–Kier alpha value is 0.962. The molecule has 0 radical (unpaired) electrons. The average molecular weight is 377 g/mol. The largest absolute Gasteiger partial charge is 4.00 e. The Morgan fingerprint density at radius 1 is 0.636 bits per heavy atom. The monoisotopic (exact) mass is 378 g/mol. The molecule has 0 aliphatic heterocycles. The maximum absolute atomic E-state index is 8.59. The van der Waals surface area contributed by atoms with Gasteiger partial charge in [0.1, 0.15) is 0 Å².